The van der Waals surface area contributed by atoms with Crippen LogP contribution in [-0.2, 0) is 14.5 Å². The number of hydrogen-bond donors (Lipinski definition) is 1. The molecule has 0 atom stereocenters. The molecule has 0 radical (unpaired) electrons. The van der Waals surface area contributed by atoms with Crippen molar-refractivity contribution in [1.82, 2.24) is 5.32 Å². The van der Waals surface area contributed by atoms with Crippen LogP contribution in [0, 0.1) is 0 Å². The molecule has 2 rings (SSSR count). The topological polar surface area (TPSA) is 126 Å². The number of carbonyl (C=O) groups is 4. The highest BCUT2D eigenvalue weighted by Gasteiger charge is 2.22. The van der Waals surface area contributed by atoms with Crippen molar-refractivity contribution in [2.75, 3.05) is 14.2 Å². The van der Waals surface area contributed by atoms with E-state index in [-0.39, 0.29) is 22.6 Å². The van der Waals surface area contributed by atoms with E-state index in [1.165, 1.54) is 55.6 Å². The predicted octanol–water partition coefficient (Wildman–Crippen LogP) is 2.48. The lowest BCUT2D eigenvalue weighted by molar-refractivity contribution is -0.187. The summed E-state index contributed by atoms with van der Waals surface area (Å²) in [6, 6.07) is 11.3. The van der Waals surface area contributed by atoms with Gasteiger partial charge in [-0.05, 0) is 24.3 Å². The molecule has 146 valence electrons. The minimum atomic E-state index is -1.10. The number of carbonyl (C=O) groups excluding carboxylic acids is 4. The fourth-order valence-electron chi connectivity index (χ4n) is 1.90. The molecule has 28 heavy (non-hydrogen) atoms. The normalized spacial score (nSPS) is 9.64. The Morgan fingerprint density at radius 3 is 1.68 bits per heavy atom. The van der Waals surface area contributed by atoms with Crippen LogP contribution in [0.5, 0.6) is 11.5 Å². The number of benzene rings is 2. The van der Waals surface area contributed by atoms with Gasteiger partial charge in [-0.25, -0.2) is 29.0 Å². The van der Waals surface area contributed by atoms with Gasteiger partial charge in [0.25, 0.3) is 0 Å². The van der Waals surface area contributed by atoms with Crippen LogP contribution in [0.3, 0.4) is 0 Å². The summed E-state index contributed by atoms with van der Waals surface area (Å²) in [5, 5.41) is 2.23. The summed E-state index contributed by atoms with van der Waals surface area (Å²) in [6.45, 7) is 0. The zero-order valence-electron chi connectivity index (χ0n) is 14.8. The maximum Gasteiger partial charge on any atom is 0.513 e. The lowest BCUT2D eigenvalue weighted by Crippen LogP contribution is -2.23. The van der Waals surface area contributed by atoms with Gasteiger partial charge >= 0.3 is 24.2 Å². The van der Waals surface area contributed by atoms with E-state index in [2.05, 4.69) is 19.8 Å². The van der Waals surface area contributed by atoms with Crippen molar-refractivity contribution >= 4 is 24.2 Å². The van der Waals surface area contributed by atoms with E-state index in [1.54, 1.807) is 0 Å². The summed E-state index contributed by atoms with van der Waals surface area (Å²) in [5.74, 6) is -2.44. The monoisotopic (exact) mass is 389 g/mol. The molecule has 0 aromatic heterocycles. The van der Waals surface area contributed by atoms with Gasteiger partial charge in [0.2, 0.25) is 0 Å². The van der Waals surface area contributed by atoms with Gasteiger partial charge in [-0.15, -0.1) is 0 Å². The number of hydrogen-bond acceptors (Lipinski definition) is 9. The molecule has 0 saturated carbocycles. The van der Waals surface area contributed by atoms with Crippen LogP contribution < -0.4 is 14.8 Å². The highest BCUT2D eigenvalue weighted by atomic mass is 17.2. The van der Waals surface area contributed by atoms with Crippen LogP contribution in [0.25, 0.3) is 0 Å². The predicted molar refractivity (Wildman–Crippen MR) is 91.8 cm³/mol. The third-order valence-corrected chi connectivity index (χ3v) is 3.17. The van der Waals surface area contributed by atoms with Gasteiger partial charge in [0, 0.05) is 7.05 Å². The molecule has 0 aliphatic heterocycles. The molecule has 0 aliphatic carbocycles. The van der Waals surface area contributed by atoms with Crippen LogP contribution in [0.2, 0.25) is 0 Å². The molecule has 0 heterocycles. The Kier molecular flexibility index (Phi) is 6.92. The summed E-state index contributed by atoms with van der Waals surface area (Å²) in [4.78, 5) is 55.9. The minimum absolute atomic E-state index is 0.0997. The SMILES string of the molecule is CNC(=O)Oc1ccccc1C(=O)OOC(=O)c1ccccc1OC(=O)OC. The third kappa shape index (κ3) is 5.21. The Bertz CT molecular complexity index is 821. The molecule has 0 saturated heterocycles. The second-order valence-electron chi connectivity index (χ2n) is 4.93. The van der Waals surface area contributed by atoms with Crippen molar-refractivity contribution in [2.24, 2.45) is 0 Å². The van der Waals surface area contributed by atoms with Crippen LogP contribution in [0.1, 0.15) is 20.7 Å². The average molecular weight is 389 g/mol. The zero-order chi connectivity index (χ0) is 20.5. The molecular formula is C18H15NO9. The Morgan fingerprint density at radius 1 is 0.750 bits per heavy atom. The van der Waals surface area contributed by atoms with Crippen LogP contribution in [0.4, 0.5) is 9.59 Å². The van der Waals surface area contributed by atoms with Gasteiger partial charge in [-0.1, -0.05) is 24.3 Å². The number of rotatable bonds is 4. The molecule has 0 spiro atoms. The molecule has 2 aromatic carbocycles. The lowest BCUT2D eigenvalue weighted by atomic mass is 10.2. The van der Waals surface area contributed by atoms with E-state index in [4.69, 9.17) is 9.47 Å². The molecule has 0 aliphatic rings. The summed E-state index contributed by atoms with van der Waals surface area (Å²) < 4.78 is 14.1. The van der Waals surface area contributed by atoms with Crippen molar-refractivity contribution in [3.05, 3.63) is 59.7 Å². The number of ether oxygens (including phenoxy) is 3. The van der Waals surface area contributed by atoms with Crippen molar-refractivity contribution in [3.8, 4) is 11.5 Å². The highest BCUT2D eigenvalue weighted by molar-refractivity contribution is 5.96. The van der Waals surface area contributed by atoms with Crippen molar-refractivity contribution in [2.45, 2.75) is 0 Å². The summed E-state index contributed by atoms with van der Waals surface area (Å²) in [6.07, 6.45) is -1.84. The average Bonchev–Trinajstić information content (AvgIpc) is 2.72. The number of nitrogens with one attached hydrogen (secondary N) is 1. The first-order chi connectivity index (χ1) is 13.5. The Labute approximate surface area is 158 Å². The van der Waals surface area contributed by atoms with E-state index < -0.39 is 24.2 Å². The molecule has 10 nitrogen and oxygen atoms in total. The van der Waals surface area contributed by atoms with Crippen LogP contribution in [-0.4, -0.2) is 38.3 Å². The van der Waals surface area contributed by atoms with Gasteiger partial charge in [0.05, 0.1) is 7.11 Å². The Morgan fingerprint density at radius 2 is 1.21 bits per heavy atom. The third-order valence-electron chi connectivity index (χ3n) is 3.17. The lowest BCUT2D eigenvalue weighted by Gasteiger charge is -2.09. The Balaban J connectivity index is 2.09. The van der Waals surface area contributed by atoms with E-state index in [1.807, 2.05) is 0 Å². The van der Waals surface area contributed by atoms with Gasteiger partial charge in [-0.2, -0.15) is 0 Å². The fourth-order valence-corrected chi connectivity index (χ4v) is 1.90. The van der Waals surface area contributed by atoms with E-state index in [0.717, 1.165) is 7.11 Å². The smallest absolute Gasteiger partial charge is 0.437 e. The van der Waals surface area contributed by atoms with E-state index in [9.17, 15) is 19.2 Å². The first-order valence-electron chi connectivity index (χ1n) is 7.72. The summed E-state index contributed by atoms with van der Waals surface area (Å²) in [7, 11) is 2.45. The van der Waals surface area contributed by atoms with Gasteiger partial charge in [0.15, 0.2) is 0 Å². The van der Waals surface area contributed by atoms with Gasteiger partial charge < -0.3 is 19.5 Å². The van der Waals surface area contributed by atoms with Gasteiger partial charge in [-0.3, -0.25) is 0 Å². The molecule has 10 heteroatoms. The number of amides is 1. The Hall–Kier alpha value is -4.08. The van der Waals surface area contributed by atoms with Crippen molar-refractivity contribution in [1.29, 1.82) is 0 Å². The minimum Gasteiger partial charge on any atom is -0.437 e. The molecule has 1 amide bonds. The fraction of sp³-hybridized carbons (Fsp3) is 0.111. The standard InChI is InChI=1S/C18H15NO9/c1-19-17(22)25-13-9-5-3-7-11(13)15(20)27-28-16(21)12-8-4-6-10-14(12)26-18(23)24-2/h3-10H,1-2H3,(H,19,22). The molecular weight excluding hydrogens is 374 g/mol. The van der Waals surface area contributed by atoms with E-state index in [0.29, 0.717) is 0 Å². The largest absolute Gasteiger partial charge is 0.513 e. The number of methoxy groups -OCH3 is 1. The maximum absolute atomic E-state index is 12.2. The van der Waals surface area contributed by atoms with E-state index >= 15 is 0 Å². The highest BCUT2D eigenvalue weighted by Crippen LogP contribution is 2.22. The molecule has 0 bridgehead atoms. The quantitative estimate of drug-likeness (QED) is 0.363. The summed E-state index contributed by atoms with van der Waals surface area (Å²) >= 11 is 0. The van der Waals surface area contributed by atoms with Crippen molar-refractivity contribution < 1.29 is 43.2 Å². The summed E-state index contributed by atoms with van der Waals surface area (Å²) in [5.41, 5.74) is -0.339. The maximum atomic E-state index is 12.2. The van der Waals surface area contributed by atoms with Crippen LogP contribution >= 0.6 is 0 Å². The second-order valence-corrected chi connectivity index (χ2v) is 4.93. The number of para-hydroxylation sites is 2. The van der Waals surface area contributed by atoms with Gasteiger partial charge in [0.1, 0.15) is 22.6 Å². The second kappa shape index (κ2) is 9.57. The molecule has 2 aromatic rings. The zero-order valence-corrected chi connectivity index (χ0v) is 14.8. The van der Waals surface area contributed by atoms with Crippen LogP contribution in [0.15, 0.2) is 48.5 Å². The molecule has 0 unspecified atom stereocenters. The first-order valence-corrected chi connectivity index (χ1v) is 7.72. The van der Waals surface area contributed by atoms with Crippen molar-refractivity contribution in [3.63, 3.8) is 0 Å². The first kappa shape index (κ1) is 20.2. The molecule has 1 N–H and O–H groups in total. The molecule has 0 fully saturated rings.